The van der Waals surface area contributed by atoms with Crippen molar-refractivity contribution in [2.45, 2.75) is 59.5 Å². The van der Waals surface area contributed by atoms with Crippen LogP contribution in [0.3, 0.4) is 0 Å². The van der Waals surface area contributed by atoms with Gasteiger partial charge in [0.1, 0.15) is 0 Å². The second-order valence-corrected chi connectivity index (χ2v) is 5.62. The van der Waals surface area contributed by atoms with Gasteiger partial charge in [-0.2, -0.15) is 5.10 Å². The predicted molar refractivity (Wildman–Crippen MR) is 68.3 cm³/mol. The maximum absolute atomic E-state index is 6.14. The molecule has 1 unspecified atom stereocenters. The molecule has 1 rings (SSSR count). The molecule has 1 heterocycles. The lowest BCUT2D eigenvalue weighted by Crippen LogP contribution is -2.35. The SMILES string of the molecule is CCCn1cc(CCC(N)C(C)(C)C)cn1. The van der Waals surface area contributed by atoms with E-state index >= 15 is 0 Å². The highest BCUT2D eigenvalue weighted by Gasteiger charge is 2.20. The molecule has 1 atom stereocenters. The number of nitrogens with zero attached hydrogens (tertiary/aromatic N) is 2. The fourth-order valence-electron chi connectivity index (χ4n) is 1.64. The van der Waals surface area contributed by atoms with E-state index in [1.165, 1.54) is 5.56 Å². The van der Waals surface area contributed by atoms with Crippen molar-refractivity contribution >= 4 is 0 Å². The zero-order chi connectivity index (χ0) is 12.2. The van der Waals surface area contributed by atoms with Crippen LogP contribution in [0, 0.1) is 5.41 Å². The van der Waals surface area contributed by atoms with Crippen molar-refractivity contribution in [3.63, 3.8) is 0 Å². The Morgan fingerprint density at radius 2 is 2.12 bits per heavy atom. The van der Waals surface area contributed by atoms with Crippen molar-refractivity contribution in [3.05, 3.63) is 18.0 Å². The quantitative estimate of drug-likeness (QED) is 0.834. The molecular formula is C13H25N3. The van der Waals surface area contributed by atoms with E-state index in [0.29, 0.717) is 0 Å². The van der Waals surface area contributed by atoms with Crippen LogP contribution in [0.25, 0.3) is 0 Å². The maximum atomic E-state index is 6.14. The first kappa shape index (κ1) is 13.2. The highest BCUT2D eigenvalue weighted by molar-refractivity contribution is 5.04. The van der Waals surface area contributed by atoms with E-state index in [2.05, 4.69) is 39.0 Å². The molecule has 0 saturated heterocycles. The Balaban J connectivity index is 2.42. The van der Waals surface area contributed by atoms with Crippen molar-refractivity contribution in [2.24, 2.45) is 11.1 Å². The standard InChI is InChI=1S/C13H25N3/c1-5-8-16-10-11(9-15-16)6-7-12(14)13(2,3)4/h9-10,12H,5-8,14H2,1-4H3. The van der Waals surface area contributed by atoms with Crippen molar-refractivity contribution in [1.29, 1.82) is 0 Å². The van der Waals surface area contributed by atoms with Gasteiger partial charge in [0.2, 0.25) is 0 Å². The van der Waals surface area contributed by atoms with E-state index in [-0.39, 0.29) is 11.5 Å². The van der Waals surface area contributed by atoms with Gasteiger partial charge in [0.15, 0.2) is 0 Å². The Hall–Kier alpha value is -0.830. The van der Waals surface area contributed by atoms with Crippen LogP contribution in [0.4, 0.5) is 0 Å². The van der Waals surface area contributed by atoms with Crippen molar-refractivity contribution in [1.82, 2.24) is 9.78 Å². The third-order valence-electron chi connectivity index (χ3n) is 3.00. The number of aromatic nitrogens is 2. The van der Waals surface area contributed by atoms with Crippen molar-refractivity contribution < 1.29 is 0 Å². The van der Waals surface area contributed by atoms with Crippen LogP contribution in [0.1, 0.15) is 46.1 Å². The summed E-state index contributed by atoms with van der Waals surface area (Å²) in [7, 11) is 0. The van der Waals surface area contributed by atoms with Crippen LogP contribution < -0.4 is 5.73 Å². The average molecular weight is 223 g/mol. The lowest BCUT2D eigenvalue weighted by atomic mass is 9.84. The van der Waals surface area contributed by atoms with Gasteiger partial charge in [-0.05, 0) is 30.2 Å². The van der Waals surface area contributed by atoms with Crippen molar-refractivity contribution in [2.75, 3.05) is 0 Å². The van der Waals surface area contributed by atoms with Gasteiger partial charge < -0.3 is 5.73 Å². The van der Waals surface area contributed by atoms with E-state index in [0.717, 1.165) is 25.8 Å². The summed E-state index contributed by atoms with van der Waals surface area (Å²) in [6.45, 7) is 9.75. The Labute approximate surface area is 99.0 Å². The van der Waals surface area contributed by atoms with Gasteiger partial charge in [0.25, 0.3) is 0 Å². The van der Waals surface area contributed by atoms with Crippen LogP contribution in [0.5, 0.6) is 0 Å². The summed E-state index contributed by atoms with van der Waals surface area (Å²) in [5.41, 5.74) is 7.63. The van der Waals surface area contributed by atoms with Crippen LogP contribution in [0.2, 0.25) is 0 Å². The van der Waals surface area contributed by atoms with Gasteiger partial charge in [-0.15, -0.1) is 0 Å². The molecule has 1 aromatic rings. The summed E-state index contributed by atoms with van der Waals surface area (Å²) in [6, 6.07) is 0.252. The average Bonchev–Trinajstić information content (AvgIpc) is 2.61. The molecule has 3 heteroatoms. The smallest absolute Gasteiger partial charge is 0.0521 e. The minimum atomic E-state index is 0.194. The van der Waals surface area contributed by atoms with Gasteiger partial charge in [-0.1, -0.05) is 27.7 Å². The molecule has 0 aromatic carbocycles. The molecule has 2 N–H and O–H groups in total. The molecule has 0 aliphatic carbocycles. The third kappa shape index (κ3) is 3.97. The molecule has 3 nitrogen and oxygen atoms in total. The number of hydrogen-bond acceptors (Lipinski definition) is 2. The van der Waals surface area contributed by atoms with E-state index < -0.39 is 0 Å². The summed E-state index contributed by atoms with van der Waals surface area (Å²) in [5, 5.41) is 4.32. The Morgan fingerprint density at radius 3 is 2.69 bits per heavy atom. The first-order chi connectivity index (χ1) is 7.43. The van der Waals surface area contributed by atoms with E-state index in [4.69, 9.17) is 5.73 Å². The summed E-state index contributed by atoms with van der Waals surface area (Å²) in [5.74, 6) is 0. The van der Waals surface area contributed by atoms with E-state index in [9.17, 15) is 0 Å². The first-order valence-corrected chi connectivity index (χ1v) is 6.20. The summed E-state index contributed by atoms with van der Waals surface area (Å²) >= 11 is 0. The molecule has 16 heavy (non-hydrogen) atoms. The molecular weight excluding hydrogens is 198 g/mol. The molecule has 1 aromatic heterocycles. The number of rotatable bonds is 5. The lowest BCUT2D eigenvalue weighted by molar-refractivity contribution is 0.306. The van der Waals surface area contributed by atoms with Crippen LogP contribution in [-0.2, 0) is 13.0 Å². The Morgan fingerprint density at radius 1 is 1.44 bits per heavy atom. The second kappa shape index (κ2) is 5.48. The minimum Gasteiger partial charge on any atom is -0.327 e. The molecule has 0 radical (unpaired) electrons. The zero-order valence-electron chi connectivity index (χ0n) is 11.0. The van der Waals surface area contributed by atoms with Gasteiger partial charge in [-0.25, -0.2) is 0 Å². The van der Waals surface area contributed by atoms with Gasteiger partial charge >= 0.3 is 0 Å². The summed E-state index contributed by atoms with van der Waals surface area (Å²) in [6.07, 6.45) is 7.29. The molecule has 0 bridgehead atoms. The van der Waals surface area contributed by atoms with Crippen molar-refractivity contribution in [3.8, 4) is 0 Å². The predicted octanol–water partition coefficient (Wildman–Crippen LogP) is 2.60. The third-order valence-corrected chi connectivity index (χ3v) is 3.00. The van der Waals surface area contributed by atoms with Crippen LogP contribution in [-0.4, -0.2) is 15.8 Å². The van der Waals surface area contributed by atoms with E-state index in [1.807, 2.05) is 10.9 Å². The van der Waals surface area contributed by atoms with Crippen LogP contribution in [0.15, 0.2) is 12.4 Å². The van der Waals surface area contributed by atoms with Gasteiger partial charge in [0.05, 0.1) is 6.20 Å². The van der Waals surface area contributed by atoms with Gasteiger partial charge in [-0.3, -0.25) is 4.68 Å². The maximum Gasteiger partial charge on any atom is 0.0521 e. The molecule has 0 spiro atoms. The number of hydrogen-bond donors (Lipinski definition) is 1. The summed E-state index contributed by atoms with van der Waals surface area (Å²) < 4.78 is 2.01. The Bertz CT molecular complexity index is 309. The van der Waals surface area contributed by atoms with Gasteiger partial charge in [0, 0.05) is 18.8 Å². The fraction of sp³-hybridized carbons (Fsp3) is 0.769. The lowest BCUT2D eigenvalue weighted by Gasteiger charge is -2.26. The molecule has 0 fully saturated rings. The van der Waals surface area contributed by atoms with Crippen LogP contribution >= 0.6 is 0 Å². The second-order valence-electron chi connectivity index (χ2n) is 5.62. The summed E-state index contributed by atoms with van der Waals surface area (Å²) in [4.78, 5) is 0. The number of aryl methyl sites for hydroxylation is 2. The molecule has 92 valence electrons. The highest BCUT2D eigenvalue weighted by Crippen LogP contribution is 2.21. The number of nitrogens with two attached hydrogens (primary N) is 1. The Kier molecular flexibility index (Phi) is 4.54. The fourth-order valence-corrected chi connectivity index (χ4v) is 1.64. The molecule has 0 saturated carbocycles. The minimum absolute atomic E-state index is 0.194. The van der Waals surface area contributed by atoms with E-state index in [1.54, 1.807) is 0 Å². The topological polar surface area (TPSA) is 43.8 Å². The largest absolute Gasteiger partial charge is 0.327 e. The molecule has 0 amide bonds. The molecule has 0 aliphatic rings. The highest BCUT2D eigenvalue weighted by atomic mass is 15.3. The zero-order valence-corrected chi connectivity index (χ0v) is 11.0. The monoisotopic (exact) mass is 223 g/mol. The molecule has 0 aliphatic heterocycles. The first-order valence-electron chi connectivity index (χ1n) is 6.20. The normalized spacial score (nSPS) is 14.1.